The van der Waals surface area contributed by atoms with Crippen LogP contribution >= 0.6 is 23.2 Å². The third-order valence-electron chi connectivity index (χ3n) is 4.99. The molecule has 0 N–H and O–H groups in total. The molecule has 3 aromatic rings. The standard InChI is InChI=1S/C26H23Cl2NO3/c1-4-23(32-26(30)19(17(2)3)14-15-24(27)28)21-16-25(31-18-10-6-5-7-11-18)29-22-13-9-8-12-20(21)22/h1,5-13,15-17,19,23H,14H2,2-3H3. The Hall–Kier alpha value is -3.00. The van der Waals surface area contributed by atoms with E-state index < -0.39 is 18.0 Å². The van der Waals surface area contributed by atoms with E-state index >= 15 is 0 Å². The first-order valence-corrected chi connectivity index (χ1v) is 10.9. The maximum atomic E-state index is 13.0. The molecule has 2 aromatic carbocycles. The fourth-order valence-corrected chi connectivity index (χ4v) is 3.48. The molecule has 1 aromatic heterocycles. The summed E-state index contributed by atoms with van der Waals surface area (Å²) in [5, 5.41) is 0.786. The molecule has 0 spiro atoms. The SMILES string of the molecule is C#CC(OC(=O)C(CC=C(Cl)Cl)C(C)C)c1cc(Oc2ccccc2)nc2ccccc12. The molecule has 6 heteroatoms. The average Bonchev–Trinajstić information content (AvgIpc) is 2.77. The van der Waals surface area contributed by atoms with Crippen LogP contribution in [0.1, 0.15) is 31.9 Å². The van der Waals surface area contributed by atoms with E-state index in [2.05, 4.69) is 10.9 Å². The van der Waals surface area contributed by atoms with Gasteiger partial charge in [0.2, 0.25) is 5.88 Å². The number of benzene rings is 2. The van der Waals surface area contributed by atoms with Crippen LogP contribution in [0.5, 0.6) is 11.6 Å². The monoisotopic (exact) mass is 467 g/mol. The van der Waals surface area contributed by atoms with Gasteiger partial charge >= 0.3 is 5.97 Å². The number of carbonyl (C=O) groups excluding carboxylic acids is 1. The summed E-state index contributed by atoms with van der Waals surface area (Å²) in [5.74, 6) is 2.75. The van der Waals surface area contributed by atoms with Crippen molar-refractivity contribution in [1.82, 2.24) is 4.98 Å². The third kappa shape index (κ3) is 6.03. The number of para-hydroxylation sites is 2. The highest BCUT2D eigenvalue weighted by atomic mass is 35.5. The number of ether oxygens (including phenoxy) is 2. The second-order valence-corrected chi connectivity index (χ2v) is 8.55. The Morgan fingerprint density at radius 3 is 2.47 bits per heavy atom. The third-order valence-corrected chi connectivity index (χ3v) is 5.30. The van der Waals surface area contributed by atoms with Crippen molar-refractivity contribution in [2.45, 2.75) is 26.4 Å². The van der Waals surface area contributed by atoms with Gasteiger partial charge in [0.1, 0.15) is 10.2 Å². The van der Waals surface area contributed by atoms with Crippen molar-refractivity contribution in [3.63, 3.8) is 0 Å². The van der Waals surface area contributed by atoms with Gasteiger partial charge in [-0.3, -0.25) is 4.79 Å². The van der Waals surface area contributed by atoms with Crippen molar-refractivity contribution in [3.8, 4) is 24.0 Å². The van der Waals surface area contributed by atoms with Crippen molar-refractivity contribution >= 4 is 40.1 Å². The van der Waals surface area contributed by atoms with E-state index in [1.165, 1.54) is 0 Å². The van der Waals surface area contributed by atoms with Gasteiger partial charge in [-0.2, -0.15) is 0 Å². The minimum absolute atomic E-state index is 0.0102. The van der Waals surface area contributed by atoms with Crippen molar-refractivity contribution in [3.05, 3.63) is 76.8 Å². The van der Waals surface area contributed by atoms with Crippen LogP contribution in [0.2, 0.25) is 0 Å². The summed E-state index contributed by atoms with van der Waals surface area (Å²) in [6.45, 7) is 3.86. The van der Waals surface area contributed by atoms with E-state index in [1.807, 2.05) is 68.4 Å². The Bertz CT molecular complexity index is 1150. The van der Waals surface area contributed by atoms with Gasteiger partial charge in [-0.15, -0.1) is 6.42 Å². The highest BCUT2D eigenvalue weighted by molar-refractivity contribution is 6.55. The highest BCUT2D eigenvalue weighted by Crippen LogP contribution is 2.32. The van der Waals surface area contributed by atoms with Crippen molar-refractivity contribution < 1.29 is 14.3 Å². The second kappa shape index (κ2) is 11.0. The predicted octanol–water partition coefficient (Wildman–Crippen LogP) is 7.23. The molecule has 2 atom stereocenters. The summed E-state index contributed by atoms with van der Waals surface area (Å²) in [6.07, 6.45) is 6.84. The molecule has 32 heavy (non-hydrogen) atoms. The zero-order valence-corrected chi connectivity index (χ0v) is 19.3. The minimum atomic E-state index is -0.912. The number of fused-ring (bicyclic) bond motifs is 1. The van der Waals surface area contributed by atoms with E-state index in [1.54, 1.807) is 12.1 Å². The summed E-state index contributed by atoms with van der Waals surface area (Å²) < 4.78 is 11.8. The van der Waals surface area contributed by atoms with Crippen LogP contribution in [0.25, 0.3) is 10.9 Å². The van der Waals surface area contributed by atoms with Crippen LogP contribution in [-0.4, -0.2) is 11.0 Å². The number of aromatic nitrogens is 1. The van der Waals surface area contributed by atoms with Crippen LogP contribution in [0, 0.1) is 24.2 Å². The molecule has 0 radical (unpaired) electrons. The number of rotatable bonds is 8. The number of halogens is 2. The average molecular weight is 468 g/mol. The summed E-state index contributed by atoms with van der Waals surface area (Å²) in [4.78, 5) is 17.5. The molecule has 0 saturated carbocycles. The Labute approximate surface area is 198 Å². The summed E-state index contributed by atoms with van der Waals surface area (Å²) in [6, 6.07) is 18.5. The van der Waals surface area contributed by atoms with Crippen LogP contribution in [0.4, 0.5) is 0 Å². The van der Waals surface area contributed by atoms with Gasteiger partial charge in [-0.05, 0) is 30.5 Å². The number of pyridine rings is 1. The number of hydrogen-bond donors (Lipinski definition) is 0. The normalized spacial score (nSPS) is 12.6. The van der Waals surface area contributed by atoms with Gasteiger partial charge in [0.15, 0.2) is 6.10 Å². The molecule has 0 aliphatic carbocycles. The zero-order valence-electron chi connectivity index (χ0n) is 17.8. The van der Waals surface area contributed by atoms with Gasteiger partial charge in [0.25, 0.3) is 0 Å². The highest BCUT2D eigenvalue weighted by Gasteiger charge is 2.27. The number of allylic oxidation sites excluding steroid dienone is 1. The number of hydrogen-bond acceptors (Lipinski definition) is 4. The molecule has 3 rings (SSSR count). The molecule has 1 heterocycles. The van der Waals surface area contributed by atoms with E-state index in [-0.39, 0.29) is 10.4 Å². The first-order valence-electron chi connectivity index (χ1n) is 10.2. The van der Waals surface area contributed by atoms with E-state index in [0.717, 1.165) is 5.39 Å². The zero-order chi connectivity index (χ0) is 23.1. The first-order chi connectivity index (χ1) is 15.4. The molecule has 0 aliphatic heterocycles. The van der Waals surface area contributed by atoms with Crippen molar-refractivity contribution in [2.75, 3.05) is 0 Å². The van der Waals surface area contributed by atoms with Gasteiger partial charge in [-0.1, -0.05) is 85.4 Å². The van der Waals surface area contributed by atoms with Gasteiger partial charge < -0.3 is 9.47 Å². The van der Waals surface area contributed by atoms with Gasteiger partial charge in [-0.25, -0.2) is 4.98 Å². The van der Waals surface area contributed by atoms with E-state index in [9.17, 15) is 4.79 Å². The first kappa shape index (κ1) is 23.7. The second-order valence-electron chi connectivity index (χ2n) is 7.55. The lowest BCUT2D eigenvalue weighted by atomic mass is 9.92. The lowest BCUT2D eigenvalue weighted by molar-refractivity contribution is -0.153. The van der Waals surface area contributed by atoms with E-state index in [4.69, 9.17) is 39.1 Å². The summed E-state index contributed by atoms with van der Waals surface area (Å²) in [7, 11) is 0. The van der Waals surface area contributed by atoms with Gasteiger partial charge in [0.05, 0.1) is 11.4 Å². The Morgan fingerprint density at radius 1 is 1.12 bits per heavy atom. The number of carbonyl (C=O) groups is 1. The number of terminal acetylenes is 1. The minimum Gasteiger partial charge on any atom is -0.444 e. The maximum Gasteiger partial charge on any atom is 0.311 e. The number of nitrogens with zero attached hydrogens (tertiary/aromatic N) is 1. The molecular weight excluding hydrogens is 445 g/mol. The lowest BCUT2D eigenvalue weighted by Gasteiger charge is -2.22. The molecule has 0 amide bonds. The Balaban J connectivity index is 1.95. The largest absolute Gasteiger partial charge is 0.444 e. The molecule has 4 nitrogen and oxygen atoms in total. The molecule has 0 aliphatic rings. The van der Waals surface area contributed by atoms with Crippen LogP contribution in [0.3, 0.4) is 0 Å². The molecule has 0 fully saturated rings. The summed E-state index contributed by atoms with van der Waals surface area (Å²) in [5.41, 5.74) is 1.32. The van der Waals surface area contributed by atoms with Crippen LogP contribution in [-0.2, 0) is 9.53 Å². The predicted molar refractivity (Wildman–Crippen MR) is 129 cm³/mol. The van der Waals surface area contributed by atoms with Crippen LogP contribution in [0.15, 0.2) is 71.2 Å². The molecule has 164 valence electrons. The number of esters is 1. The van der Waals surface area contributed by atoms with Gasteiger partial charge in [0, 0.05) is 17.0 Å². The van der Waals surface area contributed by atoms with Crippen molar-refractivity contribution in [1.29, 1.82) is 0 Å². The Morgan fingerprint density at radius 2 is 1.81 bits per heavy atom. The smallest absolute Gasteiger partial charge is 0.311 e. The molecular formula is C26H23Cl2NO3. The molecule has 2 unspecified atom stereocenters. The quantitative estimate of drug-likeness (QED) is 0.259. The topological polar surface area (TPSA) is 48.4 Å². The van der Waals surface area contributed by atoms with Crippen LogP contribution < -0.4 is 4.74 Å². The van der Waals surface area contributed by atoms with E-state index in [0.29, 0.717) is 29.1 Å². The fraction of sp³-hybridized carbons (Fsp3) is 0.231. The Kier molecular flexibility index (Phi) is 8.16. The fourth-order valence-electron chi connectivity index (χ4n) is 3.30. The molecule has 0 bridgehead atoms. The van der Waals surface area contributed by atoms with Crippen molar-refractivity contribution in [2.24, 2.45) is 11.8 Å². The molecule has 0 saturated heterocycles. The summed E-state index contributed by atoms with van der Waals surface area (Å²) >= 11 is 11.5. The lowest BCUT2D eigenvalue weighted by Crippen LogP contribution is -2.24. The maximum absolute atomic E-state index is 13.0.